The van der Waals surface area contributed by atoms with Crippen LogP contribution >= 0.6 is 0 Å². The van der Waals surface area contributed by atoms with Crippen molar-refractivity contribution in [1.82, 2.24) is 9.13 Å². The number of hydrogen-bond donors (Lipinski definition) is 0. The lowest BCUT2D eigenvalue weighted by molar-refractivity contribution is 0.639. The van der Waals surface area contributed by atoms with Gasteiger partial charge in [-0.15, -0.1) is 0 Å². The molecular weight excluding hydrogens is 809 g/mol. The summed E-state index contributed by atoms with van der Waals surface area (Å²) in [4.78, 5) is 0. The van der Waals surface area contributed by atoms with Gasteiger partial charge < -0.3 is 9.13 Å². The molecule has 0 spiro atoms. The Morgan fingerprint density at radius 3 is 1.27 bits per heavy atom. The van der Waals surface area contributed by atoms with E-state index in [1.807, 2.05) is 12.1 Å². The predicted molar refractivity (Wildman–Crippen MR) is 289 cm³/mol. The summed E-state index contributed by atoms with van der Waals surface area (Å²) in [6.07, 6.45) is 23.2. The van der Waals surface area contributed by atoms with Gasteiger partial charge in [0, 0.05) is 38.3 Å². The standard InChI is InChI=1S/C65H52N2/c1-45-46(2)56-42-60-54-30-22-24-32-62(54)67(52-39-35-50(36-40-52)65(3,4)49-27-19-15-11-6-5-7-12-16-20-28-49)64(60)44-58(56)57-43-63-59(41-55(45)57)53-29-21-23-31-61(53)66(63)51-37-33-48(34-38-51)47-25-17-13-9-8-10-14-18-26-47/h5-44H,1-4H3/b6-5-,7-5?,9-8?,10-8?,11-6?,12-7-,13-9?,14-10?,15-11-,16-12?,17-13?,18-14?,19-15?,20-16-,25-17?,26-18?,27-19?,28-20?,47-25?,47-26?,49-27?,49-28?. The van der Waals surface area contributed by atoms with Gasteiger partial charge >= 0.3 is 0 Å². The highest BCUT2D eigenvalue weighted by Gasteiger charge is 2.25. The molecular formula is C65H52N2. The third-order valence-electron chi connectivity index (χ3n) is 14.0. The van der Waals surface area contributed by atoms with Gasteiger partial charge in [0.15, 0.2) is 0 Å². The minimum Gasteiger partial charge on any atom is -0.309 e. The van der Waals surface area contributed by atoms with E-state index in [4.69, 9.17) is 0 Å². The van der Waals surface area contributed by atoms with Crippen molar-refractivity contribution < 1.29 is 0 Å². The van der Waals surface area contributed by atoms with Crippen molar-refractivity contribution in [3.8, 4) is 22.5 Å². The van der Waals surface area contributed by atoms with Crippen LogP contribution in [0.15, 0.2) is 248 Å². The van der Waals surface area contributed by atoms with E-state index >= 15 is 0 Å². The van der Waals surface area contributed by atoms with E-state index in [0.717, 1.165) is 11.4 Å². The van der Waals surface area contributed by atoms with Crippen molar-refractivity contribution in [2.45, 2.75) is 33.1 Å². The monoisotopic (exact) mass is 860 g/mol. The molecule has 0 saturated heterocycles. The summed E-state index contributed by atoms with van der Waals surface area (Å²) < 4.78 is 4.92. The van der Waals surface area contributed by atoms with Gasteiger partial charge in [-0.3, -0.25) is 0 Å². The molecule has 10 aromatic rings. The highest BCUT2D eigenvalue weighted by atomic mass is 15.0. The lowest BCUT2D eigenvalue weighted by Crippen LogP contribution is -2.19. The molecule has 1 aliphatic carbocycles. The van der Waals surface area contributed by atoms with Crippen molar-refractivity contribution in [3.05, 3.63) is 265 Å². The Balaban J connectivity index is 1.08. The van der Waals surface area contributed by atoms with Gasteiger partial charge in [0.1, 0.15) is 0 Å². The molecule has 0 amide bonds. The highest BCUT2D eigenvalue weighted by molar-refractivity contribution is 6.23. The second-order valence-electron chi connectivity index (χ2n) is 18.2. The fourth-order valence-corrected chi connectivity index (χ4v) is 10.2. The Labute approximate surface area is 393 Å². The maximum absolute atomic E-state index is 2.47. The second kappa shape index (κ2) is 17.3. The number of fused-ring (bicyclic) bond motifs is 9. The number of benzene rings is 7. The first-order valence-corrected chi connectivity index (χ1v) is 23.4. The third kappa shape index (κ3) is 7.41. The maximum atomic E-state index is 2.47. The van der Waals surface area contributed by atoms with Gasteiger partial charge in [0.05, 0.1) is 22.1 Å². The van der Waals surface area contributed by atoms with Crippen LogP contribution in [0.3, 0.4) is 0 Å². The quantitative estimate of drug-likeness (QED) is 0.153. The Hall–Kier alpha value is -8.20. The van der Waals surface area contributed by atoms with E-state index in [2.05, 4.69) is 267 Å². The summed E-state index contributed by atoms with van der Waals surface area (Å²) in [6.45, 7) is 9.23. The second-order valence-corrected chi connectivity index (χ2v) is 18.2. The molecule has 8 aromatic carbocycles. The minimum absolute atomic E-state index is 0.228. The van der Waals surface area contributed by atoms with Crippen LogP contribution in [0.1, 0.15) is 30.5 Å². The van der Waals surface area contributed by atoms with Crippen LogP contribution in [0.2, 0.25) is 0 Å². The summed E-state index contributed by atoms with van der Waals surface area (Å²) in [6, 6.07) is 64.7. The molecule has 2 nitrogen and oxygen atoms in total. The van der Waals surface area contributed by atoms with Crippen LogP contribution in [0.5, 0.6) is 0 Å². The van der Waals surface area contributed by atoms with Crippen molar-refractivity contribution >= 4 is 65.2 Å². The predicted octanol–water partition coefficient (Wildman–Crippen LogP) is 17.6. The Bertz CT molecular complexity index is 3790. The number of para-hydroxylation sites is 2. The van der Waals surface area contributed by atoms with Crippen molar-refractivity contribution in [3.63, 3.8) is 0 Å². The molecule has 0 atom stereocenters. The molecule has 0 aliphatic heterocycles. The van der Waals surface area contributed by atoms with Crippen LogP contribution in [-0.4, -0.2) is 9.13 Å². The summed E-state index contributed by atoms with van der Waals surface area (Å²) in [5.74, 6) is 0. The smallest absolute Gasteiger partial charge is 0.0547 e. The zero-order chi connectivity index (χ0) is 45.5. The van der Waals surface area contributed by atoms with Gasteiger partial charge in [-0.25, -0.2) is 0 Å². The number of rotatable bonds is 5. The molecule has 11 rings (SSSR count). The van der Waals surface area contributed by atoms with Crippen LogP contribution in [0, 0.1) is 13.8 Å². The molecule has 67 heavy (non-hydrogen) atoms. The first-order valence-electron chi connectivity index (χ1n) is 23.4. The van der Waals surface area contributed by atoms with Gasteiger partial charge in [-0.2, -0.15) is 0 Å². The molecule has 1 aliphatic rings. The molecule has 0 unspecified atom stereocenters. The van der Waals surface area contributed by atoms with E-state index in [1.54, 1.807) is 0 Å². The van der Waals surface area contributed by atoms with Crippen molar-refractivity contribution in [2.75, 3.05) is 0 Å². The number of hydrogen-bond acceptors (Lipinski definition) is 0. The molecule has 0 N–H and O–H groups in total. The summed E-state index contributed by atoms with van der Waals surface area (Å²) in [5, 5.41) is 10.2. The lowest BCUT2D eigenvalue weighted by Gasteiger charge is -2.27. The number of aryl methyl sites for hydroxylation is 2. The lowest BCUT2D eigenvalue weighted by atomic mass is 9.77. The zero-order valence-corrected chi connectivity index (χ0v) is 38.5. The van der Waals surface area contributed by atoms with Crippen LogP contribution < -0.4 is 0 Å². The average Bonchev–Trinajstić information content (AvgIpc) is 3.86. The van der Waals surface area contributed by atoms with E-state index < -0.39 is 0 Å². The first kappa shape index (κ1) is 41.5. The highest BCUT2D eigenvalue weighted by Crippen LogP contribution is 2.43. The van der Waals surface area contributed by atoms with Gasteiger partial charge in [0.25, 0.3) is 0 Å². The van der Waals surface area contributed by atoms with Crippen LogP contribution in [0.25, 0.3) is 87.7 Å². The molecule has 2 aromatic heterocycles. The van der Waals surface area contributed by atoms with E-state index in [0.29, 0.717) is 0 Å². The SMILES string of the molecule is Cc1c(C)c2cc3c4ccccc4n(-c4ccc(C(C)(C)C5=C\C=C/C=C\C=C/C=C\C=C5)cc4)c3cc2c2cc3c(cc12)c1ccccc1n3-c1ccc(-c2ccccccccc2)cc1. The Kier molecular flexibility index (Phi) is 10.7. The molecule has 0 bridgehead atoms. The largest absolute Gasteiger partial charge is 0.309 e. The zero-order valence-electron chi connectivity index (χ0n) is 38.5. The van der Waals surface area contributed by atoms with Crippen molar-refractivity contribution in [2.24, 2.45) is 0 Å². The van der Waals surface area contributed by atoms with Crippen molar-refractivity contribution in [1.29, 1.82) is 0 Å². The van der Waals surface area contributed by atoms with E-state index in [-0.39, 0.29) is 5.41 Å². The maximum Gasteiger partial charge on any atom is 0.0547 e. The fraction of sp³-hybridized carbons (Fsp3) is 0.0769. The van der Waals surface area contributed by atoms with Crippen LogP contribution in [-0.2, 0) is 5.41 Å². The number of aromatic nitrogens is 2. The molecule has 322 valence electrons. The van der Waals surface area contributed by atoms with Crippen LogP contribution in [0.4, 0.5) is 0 Å². The Morgan fingerprint density at radius 1 is 0.328 bits per heavy atom. The number of allylic oxidation sites excluding steroid dienone is 12. The molecule has 0 fully saturated rings. The molecule has 0 radical (unpaired) electrons. The summed E-state index contributed by atoms with van der Waals surface area (Å²) in [5.41, 5.74) is 14.4. The molecule has 0 saturated carbocycles. The van der Waals surface area contributed by atoms with E-state index in [9.17, 15) is 0 Å². The first-order chi connectivity index (χ1) is 32.9. The summed E-state index contributed by atoms with van der Waals surface area (Å²) >= 11 is 0. The average molecular weight is 861 g/mol. The van der Waals surface area contributed by atoms with Gasteiger partial charge in [0.2, 0.25) is 0 Å². The molecule has 2 heteroatoms. The minimum atomic E-state index is -0.228. The van der Waals surface area contributed by atoms with Gasteiger partial charge in [-0.05, 0) is 129 Å². The fourth-order valence-electron chi connectivity index (χ4n) is 10.2. The molecule has 2 heterocycles. The summed E-state index contributed by atoms with van der Waals surface area (Å²) in [7, 11) is 0. The normalized spacial score (nSPS) is 15.1. The number of nitrogens with zero attached hydrogens (tertiary/aromatic N) is 2. The third-order valence-corrected chi connectivity index (χ3v) is 14.0. The Morgan fingerprint density at radius 2 is 0.746 bits per heavy atom. The van der Waals surface area contributed by atoms with E-state index in [1.165, 1.54) is 98.5 Å². The topological polar surface area (TPSA) is 9.86 Å². The van der Waals surface area contributed by atoms with Gasteiger partial charge in [-0.1, -0.05) is 196 Å².